The van der Waals surface area contributed by atoms with Gasteiger partial charge in [0.1, 0.15) is 11.0 Å². The van der Waals surface area contributed by atoms with E-state index in [9.17, 15) is 9.59 Å². The monoisotopic (exact) mass is 581 g/mol. The van der Waals surface area contributed by atoms with Gasteiger partial charge in [-0.2, -0.15) is 0 Å². The Morgan fingerprint density at radius 1 is 0.929 bits per heavy atom. The van der Waals surface area contributed by atoms with E-state index in [4.69, 9.17) is 9.97 Å². The second kappa shape index (κ2) is 12.7. The van der Waals surface area contributed by atoms with Gasteiger partial charge >= 0.3 is 0 Å². The van der Waals surface area contributed by atoms with Gasteiger partial charge in [0.05, 0.1) is 29.0 Å². The first-order valence-corrected chi connectivity index (χ1v) is 16.1. The number of aromatic nitrogens is 2. The standard InChI is InChI=1S/C34H39N5O2S/c1-22(35-2)32(40)38-31(24-14-7-4-8-15-24)34(41)39-19-11-18-30(39)33-37-29(21-42-33)26-20-28(23-12-5-3-6-13-23)36-27-17-10-9-16-25(26)27/h3,5-6,9-10,12-13,16-17,20-22,24,30-31,35H,4,7-8,11,14-15,18-19H2,1-2H3,(H,38,40)/t22-,30-,31-/m0/s1. The lowest BCUT2D eigenvalue weighted by atomic mass is 9.83. The van der Waals surface area contributed by atoms with Crippen molar-refractivity contribution < 1.29 is 9.59 Å². The molecule has 7 nitrogen and oxygen atoms in total. The number of nitrogens with one attached hydrogen (secondary N) is 2. The van der Waals surface area contributed by atoms with Gasteiger partial charge in [0.2, 0.25) is 11.8 Å². The first-order valence-electron chi connectivity index (χ1n) is 15.2. The largest absolute Gasteiger partial charge is 0.343 e. The van der Waals surface area contributed by atoms with Gasteiger partial charge in [-0.3, -0.25) is 9.59 Å². The van der Waals surface area contributed by atoms with Crippen molar-refractivity contribution in [2.24, 2.45) is 5.92 Å². The van der Waals surface area contributed by atoms with Crippen LogP contribution in [0, 0.1) is 5.92 Å². The predicted octanol–water partition coefficient (Wildman–Crippen LogP) is 6.36. The van der Waals surface area contributed by atoms with Crippen LogP contribution in [0.2, 0.25) is 0 Å². The normalized spacial score (nSPS) is 19.1. The zero-order chi connectivity index (χ0) is 29.1. The Bertz CT molecular complexity index is 1550. The molecule has 0 unspecified atom stereocenters. The van der Waals surface area contributed by atoms with Crippen LogP contribution in [0.4, 0.5) is 0 Å². The summed E-state index contributed by atoms with van der Waals surface area (Å²) in [5.41, 5.74) is 4.87. The van der Waals surface area contributed by atoms with E-state index in [0.29, 0.717) is 6.54 Å². The van der Waals surface area contributed by atoms with Gasteiger partial charge in [-0.25, -0.2) is 9.97 Å². The quantitative estimate of drug-likeness (QED) is 0.253. The molecule has 2 fully saturated rings. The van der Waals surface area contributed by atoms with E-state index >= 15 is 0 Å². The zero-order valence-corrected chi connectivity index (χ0v) is 25.2. The molecule has 2 N–H and O–H groups in total. The molecule has 218 valence electrons. The lowest BCUT2D eigenvalue weighted by Gasteiger charge is -2.35. The maximum Gasteiger partial charge on any atom is 0.246 e. The molecule has 1 saturated carbocycles. The number of pyridine rings is 1. The number of rotatable bonds is 8. The first kappa shape index (κ1) is 28.5. The highest BCUT2D eigenvalue weighted by Gasteiger charge is 2.40. The molecule has 2 amide bonds. The summed E-state index contributed by atoms with van der Waals surface area (Å²) in [6, 6.07) is 19.6. The average Bonchev–Trinajstić information content (AvgIpc) is 3.73. The number of amides is 2. The highest BCUT2D eigenvalue weighted by Crippen LogP contribution is 2.39. The Labute approximate surface area is 251 Å². The number of carbonyl (C=O) groups is 2. The lowest BCUT2D eigenvalue weighted by molar-refractivity contribution is -0.139. The summed E-state index contributed by atoms with van der Waals surface area (Å²) in [4.78, 5) is 39.2. The summed E-state index contributed by atoms with van der Waals surface area (Å²) in [7, 11) is 1.77. The van der Waals surface area contributed by atoms with Crippen LogP contribution in [-0.2, 0) is 9.59 Å². The van der Waals surface area contributed by atoms with Gasteiger partial charge in [-0.1, -0.05) is 67.8 Å². The fourth-order valence-electron chi connectivity index (χ4n) is 6.43. The lowest BCUT2D eigenvalue weighted by Crippen LogP contribution is -2.55. The summed E-state index contributed by atoms with van der Waals surface area (Å²) >= 11 is 1.62. The van der Waals surface area contributed by atoms with Crippen LogP contribution >= 0.6 is 11.3 Å². The number of carbonyl (C=O) groups excluding carboxylic acids is 2. The number of nitrogens with zero attached hydrogens (tertiary/aromatic N) is 3. The molecular formula is C34H39N5O2S. The fourth-order valence-corrected chi connectivity index (χ4v) is 7.40. The van der Waals surface area contributed by atoms with E-state index in [1.54, 1.807) is 18.4 Å². The number of hydrogen-bond donors (Lipinski definition) is 2. The van der Waals surface area contributed by atoms with E-state index in [-0.39, 0.29) is 29.8 Å². The molecule has 2 aromatic carbocycles. The number of benzene rings is 2. The predicted molar refractivity (Wildman–Crippen MR) is 169 cm³/mol. The fraction of sp³-hybridized carbons (Fsp3) is 0.412. The number of likely N-dealkylation sites (tertiary alicyclic amines) is 1. The second-order valence-electron chi connectivity index (χ2n) is 11.6. The SMILES string of the molecule is CN[C@@H](C)C(=O)N[C@H](C(=O)N1CCC[C@H]1c1nc(-c2cc(-c3ccccc3)nc3ccccc23)cs1)C1CCCCC1. The van der Waals surface area contributed by atoms with E-state index in [2.05, 4.69) is 40.3 Å². The smallest absolute Gasteiger partial charge is 0.246 e. The average molecular weight is 582 g/mol. The molecule has 3 heterocycles. The van der Waals surface area contributed by atoms with Crippen molar-refractivity contribution in [3.63, 3.8) is 0 Å². The summed E-state index contributed by atoms with van der Waals surface area (Å²) in [5.74, 6) is 0.0953. The van der Waals surface area contributed by atoms with Gasteiger partial charge in [0.25, 0.3) is 0 Å². The maximum atomic E-state index is 14.2. The Kier molecular flexibility index (Phi) is 8.63. The minimum atomic E-state index is -0.494. The third-order valence-corrected chi connectivity index (χ3v) is 9.86. The number of thiazole rings is 1. The summed E-state index contributed by atoms with van der Waals surface area (Å²) in [6.45, 7) is 2.52. The van der Waals surface area contributed by atoms with Crippen molar-refractivity contribution in [2.75, 3.05) is 13.6 Å². The molecule has 1 aliphatic carbocycles. The van der Waals surface area contributed by atoms with Crippen LogP contribution in [0.25, 0.3) is 33.4 Å². The summed E-state index contributed by atoms with van der Waals surface area (Å²) in [5, 5.41) is 10.3. The van der Waals surface area contributed by atoms with Crippen LogP contribution in [0.5, 0.6) is 0 Å². The van der Waals surface area contributed by atoms with Crippen molar-refractivity contribution in [2.45, 2.75) is 70.0 Å². The van der Waals surface area contributed by atoms with Crippen molar-refractivity contribution in [1.82, 2.24) is 25.5 Å². The molecule has 0 radical (unpaired) electrons. The highest BCUT2D eigenvalue weighted by molar-refractivity contribution is 7.10. The molecule has 6 rings (SSSR count). The number of para-hydroxylation sites is 1. The third-order valence-electron chi connectivity index (χ3n) is 8.92. The van der Waals surface area contributed by atoms with E-state index in [1.807, 2.05) is 48.2 Å². The van der Waals surface area contributed by atoms with Crippen molar-refractivity contribution in [3.8, 4) is 22.5 Å². The Balaban J connectivity index is 1.30. The van der Waals surface area contributed by atoms with E-state index in [1.165, 1.54) is 6.42 Å². The summed E-state index contributed by atoms with van der Waals surface area (Å²) < 4.78 is 0. The van der Waals surface area contributed by atoms with E-state index in [0.717, 1.165) is 77.0 Å². The van der Waals surface area contributed by atoms with Gasteiger partial charge < -0.3 is 15.5 Å². The molecule has 2 aromatic heterocycles. The molecular weight excluding hydrogens is 542 g/mol. The van der Waals surface area contributed by atoms with Crippen LogP contribution in [-0.4, -0.2) is 52.4 Å². The van der Waals surface area contributed by atoms with Crippen molar-refractivity contribution in [1.29, 1.82) is 0 Å². The molecule has 42 heavy (non-hydrogen) atoms. The molecule has 0 bridgehead atoms. The van der Waals surface area contributed by atoms with E-state index < -0.39 is 6.04 Å². The van der Waals surface area contributed by atoms with Crippen LogP contribution < -0.4 is 10.6 Å². The van der Waals surface area contributed by atoms with Crippen molar-refractivity contribution >= 4 is 34.1 Å². The zero-order valence-electron chi connectivity index (χ0n) is 24.4. The van der Waals surface area contributed by atoms with Crippen LogP contribution in [0.1, 0.15) is 62.9 Å². The van der Waals surface area contributed by atoms with Crippen LogP contribution in [0.3, 0.4) is 0 Å². The van der Waals surface area contributed by atoms with Gasteiger partial charge in [0, 0.05) is 28.4 Å². The Morgan fingerprint density at radius 2 is 1.69 bits per heavy atom. The minimum absolute atomic E-state index is 0.0403. The van der Waals surface area contributed by atoms with Gasteiger partial charge in [-0.05, 0) is 57.7 Å². The first-order chi connectivity index (χ1) is 20.5. The molecule has 2 aliphatic rings. The molecule has 0 spiro atoms. The van der Waals surface area contributed by atoms with Crippen LogP contribution in [0.15, 0.2) is 66.0 Å². The molecule has 1 aliphatic heterocycles. The second-order valence-corrected chi connectivity index (χ2v) is 12.5. The third kappa shape index (κ3) is 5.83. The summed E-state index contributed by atoms with van der Waals surface area (Å²) in [6.07, 6.45) is 7.17. The highest BCUT2D eigenvalue weighted by atomic mass is 32.1. The van der Waals surface area contributed by atoms with Gasteiger partial charge in [-0.15, -0.1) is 11.3 Å². The maximum absolute atomic E-state index is 14.2. The van der Waals surface area contributed by atoms with Crippen molar-refractivity contribution in [3.05, 3.63) is 71.1 Å². The number of hydrogen-bond acceptors (Lipinski definition) is 6. The molecule has 4 aromatic rings. The minimum Gasteiger partial charge on any atom is -0.343 e. The Hall–Kier alpha value is -3.62. The Morgan fingerprint density at radius 3 is 2.48 bits per heavy atom. The molecule has 1 saturated heterocycles. The number of fused-ring (bicyclic) bond motifs is 1. The molecule has 8 heteroatoms. The topological polar surface area (TPSA) is 87.2 Å². The van der Waals surface area contributed by atoms with Gasteiger partial charge in [0.15, 0.2) is 0 Å². The molecule has 3 atom stereocenters. The number of likely N-dealkylation sites (N-methyl/N-ethyl adjacent to an activating group) is 1.